The van der Waals surface area contributed by atoms with Gasteiger partial charge in [0.1, 0.15) is 34.7 Å². The normalized spacial score (nSPS) is 31.8. The molecule has 0 amide bonds. The van der Waals surface area contributed by atoms with Crippen molar-refractivity contribution < 1.29 is 59.0 Å². The molecule has 1 saturated carbocycles. The highest BCUT2D eigenvalue weighted by Gasteiger charge is 2.71. The van der Waals surface area contributed by atoms with Crippen molar-refractivity contribution in [2.75, 3.05) is 7.11 Å². The third kappa shape index (κ3) is 2.85. The number of aliphatic hydroxyl groups is 3. The van der Waals surface area contributed by atoms with Crippen molar-refractivity contribution in [1.29, 1.82) is 0 Å². The lowest BCUT2D eigenvalue weighted by molar-refractivity contribution is -0.169. The van der Waals surface area contributed by atoms with Crippen molar-refractivity contribution in [1.82, 2.24) is 0 Å². The van der Waals surface area contributed by atoms with E-state index in [1.54, 1.807) is 6.92 Å². The van der Waals surface area contributed by atoms with Gasteiger partial charge in [-0.15, -0.1) is 0 Å². The summed E-state index contributed by atoms with van der Waals surface area (Å²) in [6.07, 6.45) is -0.0528. The molecule has 12 nitrogen and oxygen atoms in total. The van der Waals surface area contributed by atoms with Crippen LogP contribution in [0.1, 0.15) is 61.7 Å². The number of esters is 1. The van der Waals surface area contributed by atoms with Crippen molar-refractivity contribution in [3.63, 3.8) is 0 Å². The minimum atomic E-state index is -2.97. The maximum atomic E-state index is 14.2. The molecule has 5 atom stereocenters. The minimum Gasteiger partial charge on any atom is -0.507 e. The van der Waals surface area contributed by atoms with Gasteiger partial charge in [-0.1, -0.05) is 12.2 Å². The number of hydrogen-bond donors (Lipinski definition) is 5. The third-order valence-corrected chi connectivity index (χ3v) is 9.49. The number of rotatable bonds is 1. The molecular weight excluding hydrogens is 564 g/mol. The van der Waals surface area contributed by atoms with Gasteiger partial charge in [-0.2, -0.15) is 0 Å². The molecule has 2 aromatic rings. The van der Waals surface area contributed by atoms with Crippen molar-refractivity contribution in [2.45, 2.75) is 49.4 Å². The first-order valence-electron chi connectivity index (χ1n) is 13.5. The van der Waals surface area contributed by atoms with Gasteiger partial charge in [-0.05, 0) is 49.1 Å². The molecule has 12 heteroatoms. The van der Waals surface area contributed by atoms with Gasteiger partial charge >= 0.3 is 5.97 Å². The Morgan fingerprint density at radius 2 is 1.77 bits per heavy atom. The molecule has 5 N–H and O–H groups in total. The second kappa shape index (κ2) is 8.17. The lowest BCUT2D eigenvalue weighted by atomic mass is 9.54. The zero-order valence-corrected chi connectivity index (χ0v) is 22.8. The van der Waals surface area contributed by atoms with Gasteiger partial charge in [-0.25, -0.2) is 4.79 Å². The van der Waals surface area contributed by atoms with E-state index in [0.717, 1.165) is 7.11 Å². The summed E-state index contributed by atoms with van der Waals surface area (Å²) in [5.41, 5.74) is -9.04. The van der Waals surface area contributed by atoms with Crippen molar-refractivity contribution in [3.05, 3.63) is 69.3 Å². The van der Waals surface area contributed by atoms with Gasteiger partial charge in [0, 0.05) is 17.5 Å². The van der Waals surface area contributed by atoms with Crippen LogP contribution in [0.4, 0.5) is 0 Å². The topological polar surface area (TPSA) is 205 Å². The Morgan fingerprint density at radius 3 is 2.47 bits per heavy atom. The number of aryl methyl sites for hydroxylation is 1. The maximum Gasteiger partial charge on any atom is 0.358 e. The fourth-order valence-corrected chi connectivity index (χ4v) is 7.51. The van der Waals surface area contributed by atoms with Crippen LogP contribution in [0.3, 0.4) is 0 Å². The summed E-state index contributed by atoms with van der Waals surface area (Å²) in [5.74, 6) is -9.12. The summed E-state index contributed by atoms with van der Waals surface area (Å²) >= 11 is 0. The second-order valence-electron chi connectivity index (χ2n) is 11.6. The van der Waals surface area contributed by atoms with Crippen LogP contribution in [0.15, 0.2) is 35.9 Å². The van der Waals surface area contributed by atoms with E-state index in [1.165, 1.54) is 30.4 Å². The molecule has 220 valence electrons. The van der Waals surface area contributed by atoms with Gasteiger partial charge in [0.15, 0.2) is 17.3 Å². The number of aromatic hydroxyl groups is 2. The molecular formula is C31H24O12. The van der Waals surface area contributed by atoms with Crippen molar-refractivity contribution in [3.8, 4) is 17.2 Å². The summed E-state index contributed by atoms with van der Waals surface area (Å²) in [4.78, 5) is 68.1. The molecule has 1 aliphatic heterocycles. The van der Waals surface area contributed by atoms with E-state index in [1.807, 2.05) is 0 Å². The Balaban J connectivity index is 1.51. The van der Waals surface area contributed by atoms with E-state index in [9.17, 15) is 49.5 Å². The first-order chi connectivity index (χ1) is 20.3. The summed E-state index contributed by atoms with van der Waals surface area (Å²) in [6, 6.07) is 3.84. The average molecular weight is 589 g/mol. The maximum absolute atomic E-state index is 14.2. The number of ether oxygens (including phenoxy) is 2. The van der Waals surface area contributed by atoms with E-state index < -0.39 is 98.1 Å². The lowest BCUT2D eigenvalue weighted by Gasteiger charge is -2.47. The van der Waals surface area contributed by atoms with Crippen LogP contribution in [0.5, 0.6) is 17.2 Å². The van der Waals surface area contributed by atoms with Gasteiger partial charge < -0.3 is 35.0 Å². The summed E-state index contributed by atoms with van der Waals surface area (Å²) < 4.78 is 10.8. The van der Waals surface area contributed by atoms with E-state index in [0.29, 0.717) is 5.56 Å². The van der Waals surface area contributed by atoms with Gasteiger partial charge in [0.25, 0.3) is 5.60 Å². The minimum absolute atomic E-state index is 0.0601. The largest absolute Gasteiger partial charge is 0.507 e. The second-order valence-corrected chi connectivity index (χ2v) is 11.6. The quantitative estimate of drug-likeness (QED) is 0.182. The Morgan fingerprint density at radius 1 is 1.05 bits per heavy atom. The number of Topliss-reactive ketones (excluding diaryl/α,β-unsaturated/α-hetero) is 4. The fourth-order valence-electron chi connectivity index (χ4n) is 7.51. The SMILES string of the molecule is COC(=O)[C@@]12Oc3cc4c(c(O)c3C(O)=C1C(=O)CC[C@@H]2O)[C@@H]1C=C[C@@]2(C4)C(=O)c3cc(C)cc(O)c3C(=O)[C@]2(O)C1=O. The lowest BCUT2D eigenvalue weighted by Crippen LogP contribution is -2.67. The van der Waals surface area contributed by atoms with Gasteiger partial charge in [0.05, 0.1) is 29.6 Å². The van der Waals surface area contributed by atoms with E-state index in [2.05, 4.69) is 0 Å². The Labute approximate surface area is 242 Å². The number of ketones is 4. The molecule has 8 rings (SSSR count). The Hall–Kier alpha value is -4.81. The first-order valence-corrected chi connectivity index (χ1v) is 13.5. The number of carbonyl (C=O) groups excluding carboxylic acids is 5. The number of fused-ring (bicyclic) bond motifs is 3. The predicted molar refractivity (Wildman–Crippen MR) is 143 cm³/mol. The number of methoxy groups -OCH3 is 1. The summed E-state index contributed by atoms with van der Waals surface area (Å²) in [6.45, 7) is 1.59. The molecule has 43 heavy (non-hydrogen) atoms. The molecule has 6 aliphatic rings. The van der Waals surface area contributed by atoms with Crippen LogP contribution < -0.4 is 4.74 Å². The monoisotopic (exact) mass is 588 g/mol. The fraction of sp³-hybridized carbons (Fsp3) is 0.323. The number of phenolic OH excluding ortho intramolecular Hbond substituents is 2. The molecule has 1 fully saturated rings. The number of phenols is 2. The predicted octanol–water partition coefficient (Wildman–Crippen LogP) is 1.28. The van der Waals surface area contributed by atoms with Gasteiger partial charge in [0.2, 0.25) is 11.4 Å². The number of carbonyl (C=O) groups is 5. The standard InChI is InChI=1S/C31H24O12/c1-11-7-14-20(16(33)8-11)27(39)31(41)26(38)13-5-6-29(31,25(14)37)10-12-9-17-21(23(35)19(12)13)24(36)22-15(32)3-4-18(34)30(22,43-17)28(40)42-2/h5-9,13,18,33-36,41H,3-4,10H2,1-2H3/t13-,18-,29+,30-,31+/m0/s1. The van der Waals surface area contributed by atoms with Crippen molar-refractivity contribution >= 4 is 34.9 Å². The smallest absolute Gasteiger partial charge is 0.358 e. The van der Waals surface area contributed by atoms with E-state index in [4.69, 9.17) is 9.47 Å². The summed E-state index contributed by atoms with van der Waals surface area (Å²) in [7, 11) is 1.00. The molecule has 1 heterocycles. The highest BCUT2D eigenvalue weighted by molar-refractivity contribution is 6.32. The molecule has 0 radical (unpaired) electrons. The highest BCUT2D eigenvalue weighted by Crippen LogP contribution is 2.60. The van der Waals surface area contributed by atoms with Crippen LogP contribution >= 0.6 is 0 Å². The number of allylic oxidation sites excluding steroid dienone is 1. The molecule has 1 spiro atoms. The number of aliphatic hydroxyl groups excluding tert-OH is 2. The zero-order chi connectivity index (χ0) is 31.0. The van der Waals surface area contributed by atoms with Crippen LogP contribution in [-0.2, 0) is 25.5 Å². The zero-order valence-electron chi connectivity index (χ0n) is 22.8. The average Bonchev–Trinajstić information content (AvgIpc) is 3.17. The Bertz CT molecular complexity index is 1850. The molecule has 0 saturated heterocycles. The van der Waals surface area contributed by atoms with E-state index in [-0.39, 0.29) is 35.3 Å². The van der Waals surface area contributed by atoms with E-state index >= 15 is 0 Å². The summed E-state index contributed by atoms with van der Waals surface area (Å²) in [5, 5.41) is 56.4. The van der Waals surface area contributed by atoms with Crippen LogP contribution in [0, 0.1) is 12.3 Å². The molecule has 2 aromatic carbocycles. The van der Waals surface area contributed by atoms with Crippen molar-refractivity contribution in [2.24, 2.45) is 5.41 Å². The van der Waals surface area contributed by atoms with Gasteiger partial charge in [-0.3, -0.25) is 19.2 Å². The third-order valence-electron chi connectivity index (χ3n) is 9.49. The number of hydrogen-bond acceptors (Lipinski definition) is 12. The Kier molecular flexibility index (Phi) is 5.14. The molecule has 5 aliphatic carbocycles. The highest BCUT2D eigenvalue weighted by atomic mass is 16.6. The molecule has 0 aromatic heterocycles. The molecule has 2 bridgehead atoms. The van der Waals surface area contributed by atoms with Crippen LogP contribution in [0.2, 0.25) is 0 Å². The van der Waals surface area contributed by atoms with Crippen LogP contribution in [-0.4, -0.2) is 79.1 Å². The molecule has 0 unspecified atom stereocenters. The van der Waals surface area contributed by atoms with Crippen LogP contribution in [0.25, 0.3) is 5.76 Å². The number of benzene rings is 2. The first kappa shape index (κ1) is 27.0.